The summed E-state index contributed by atoms with van der Waals surface area (Å²) in [4.78, 5) is 5.16. The number of rotatable bonds is 4. The first-order chi connectivity index (χ1) is 6.29. The SMILES string of the molecule is CON(C)C(CBr)c1ccccc1. The Balaban J connectivity index is 2.78. The predicted octanol–water partition coefficient (Wildman–Crippen LogP) is 2.62. The summed E-state index contributed by atoms with van der Waals surface area (Å²) in [5, 5.41) is 2.70. The van der Waals surface area contributed by atoms with Crippen LogP contribution in [0.3, 0.4) is 0 Å². The molecule has 1 rings (SSSR count). The van der Waals surface area contributed by atoms with Crippen LogP contribution in [0.1, 0.15) is 11.6 Å². The summed E-state index contributed by atoms with van der Waals surface area (Å²) in [5.74, 6) is 0. The second kappa shape index (κ2) is 5.37. The van der Waals surface area contributed by atoms with Crippen molar-refractivity contribution >= 4 is 15.9 Å². The van der Waals surface area contributed by atoms with Gasteiger partial charge in [0.05, 0.1) is 13.2 Å². The van der Waals surface area contributed by atoms with Crippen molar-refractivity contribution in [3.63, 3.8) is 0 Å². The number of benzene rings is 1. The lowest BCUT2D eigenvalue weighted by Crippen LogP contribution is -2.24. The highest BCUT2D eigenvalue weighted by Crippen LogP contribution is 2.20. The Kier molecular flexibility index (Phi) is 4.42. The van der Waals surface area contributed by atoms with Gasteiger partial charge < -0.3 is 4.84 Å². The van der Waals surface area contributed by atoms with Gasteiger partial charge >= 0.3 is 0 Å². The molecule has 1 aromatic carbocycles. The van der Waals surface area contributed by atoms with E-state index >= 15 is 0 Å². The van der Waals surface area contributed by atoms with Crippen molar-refractivity contribution in [2.45, 2.75) is 6.04 Å². The monoisotopic (exact) mass is 243 g/mol. The van der Waals surface area contributed by atoms with Gasteiger partial charge in [0.15, 0.2) is 0 Å². The zero-order valence-electron chi connectivity index (χ0n) is 7.90. The molecule has 0 amide bonds. The van der Waals surface area contributed by atoms with E-state index in [1.807, 2.05) is 30.3 Å². The van der Waals surface area contributed by atoms with Gasteiger partial charge in [-0.15, -0.1) is 0 Å². The molecule has 2 nitrogen and oxygen atoms in total. The first-order valence-electron chi connectivity index (χ1n) is 4.17. The highest BCUT2D eigenvalue weighted by molar-refractivity contribution is 9.09. The molecule has 0 aliphatic carbocycles. The molecule has 0 aliphatic rings. The molecule has 0 fully saturated rings. The predicted molar refractivity (Wildman–Crippen MR) is 57.7 cm³/mol. The molecule has 0 aliphatic heterocycles. The summed E-state index contributed by atoms with van der Waals surface area (Å²) in [5.41, 5.74) is 1.25. The molecule has 0 N–H and O–H groups in total. The summed E-state index contributed by atoms with van der Waals surface area (Å²) in [7, 11) is 3.61. The first kappa shape index (κ1) is 10.7. The van der Waals surface area contributed by atoms with E-state index < -0.39 is 0 Å². The first-order valence-corrected chi connectivity index (χ1v) is 5.29. The van der Waals surface area contributed by atoms with E-state index in [9.17, 15) is 0 Å². The van der Waals surface area contributed by atoms with Crippen LogP contribution in [0, 0.1) is 0 Å². The minimum Gasteiger partial charge on any atom is -0.302 e. The molecule has 0 saturated carbocycles. The van der Waals surface area contributed by atoms with Crippen LogP contribution in [0.4, 0.5) is 0 Å². The van der Waals surface area contributed by atoms with Gasteiger partial charge in [0.2, 0.25) is 0 Å². The zero-order valence-corrected chi connectivity index (χ0v) is 9.49. The van der Waals surface area contributed by atoms with Crippen molar-refractivity contribution in [3.05, 3.63) is 35.9 Å². The topological polar surface area (TPSA) is 12.5 Å². The number of hydrogen-bond acceptors (Lipinski definition) is 2. The molecule has 1 unspecified atom stereocenters. The Morgan fingerprint density at radius 1 is 1.38 bits per heavy atom. The van der Waals surface area contributed by atoms with Gasteiger partial charge in [-0.25, -0.2) is 0 Å². The normalized spacial score (nSPS) is 13.2. The van der Waals surface area contributed by atoms with Gasteiger partial charge in [0.1, 0.15) is 0 Å². The molecule has 1 aromatic rings. The lowest BCUT2D eigenvalue weighted by molar-refractivity contribution is -0.136. The summed E-state index contributed by atoms with van der Waals surface area (Å²) in [6.45, 7) is 0. The minimum absolute atomic E-state index is 0.270. The van der Waals surface area contributed by atoms with Gasteiger partial charge in [-0.2, -0.15) is 5.06 Å². The summed E-state index contributed by atoms with van der Waals surface area (Å²) in [6, 6.07) is 10.6. The Hall–Kier alpha value is -0.380. The molecule has 0 saturated heterocycles. The molecule has 0 heterocycles. The number of hydroxylamine groups is 2. The fourth-order valence-electron chi connectivity index (χ4n) is 1.20. The summed E-state index contributed by atoms with van der Waals surface area (Å²) >= 11 is 3.47. The standard InChI is InChI=1S/C10H14BrNO/c1-12(13-2)10(8-11)9-6-4-3-5-7-9/h3-7,10H,8H2,1-2H3. The van der Waals surface area contributed by atoms with E-state index in [1.54, 1.807) is 7.11 Å². The third-order valence-electron chi connectivity index (χ3n) is 2.06. The number of alkyl halides is 1. The van der Waals surface area contributed by atoms with E-state index in [0.717, 1.165) is 5.33 Å². The maximum Gasteiger partial charge on any atom is 0.0695 e. The Labute approximate surface area is 87.6 Å². The van der Waals surface area contributed by atoms with Crippen LogP contribution in [0.5, 0.6) is 0 Å². The molecule has 0 radical (unpaired) electrons. The number of hydrogen-bond donors (Lipinski definition) is 0. The maximum absolute atomic E-state index is 5.16. The Bertz CT molecular complexity index is 240. The quantitative estimate of drug-likeness (QED) is 0.596. The number of halogens is 1. The lowest BCUT2D eigenvalue weighted by atomic mass is 10.1. The average molecular weight is 244 g/mol. The van der Waals surface area contributed by atoms with E-state index in [4.69, 9.17) is 4.84 Å². The molecular formula is C10H14BrNO. The largest absolute Gasteiger partial charge is 0.302 e. The molecule has 0 aromatic heterocycles. The zero-order chi connectivity index (χ0) is 9.68. The second-order valence-electron chi connectivity index (χ2n) is 2.81. The molecular weight excluding hydrogens is 230 g/mol. The van der Waals surface area contributed by atoms with Gasteiger partial charge in [0.25, 0.3) is 0 Å². The summed E-state index contributed by atoms with van der Waals surface area (Å²) in [6.07, 6.45) is 0. The van der Waals surface area contributed by atoms with Crippen LogP contribution >= 0.6 is 15.9 Å². The number of nitrogens with zero attached hydrogens (tertiary/aromatic N) is 1. The van der Waals surface area contributed by atoms with Crippen molar-refractivity contribution in [2.75, 3.05) is 19.5 Å². The van der Waals surface area contributed by atoms with E-state index in [0.29, 0.717) is 0 Å². The second-order valence-corrected chi connectivity index (χ2v) is 3.46. The highest BCUT2D eigenvalue weighted by atomic mass is 79.9. The smallest absolute Gasteiger partial charge is 0.0695 e. The fourth-order valence-corrected chi connectivity index (χ4v) is 1.98. The van der Waals surface area contributed by atoms with Gasteiger partial charge in [-0.1, -0.05) is 46.3 Å². The third kappa shape index (κ3) is 2.79. The van der Waals surface area contributed by atoms with Gasteiger partial charge in [-0.3, -0.25) is 0 Å². The van der Waals surface area contributed by atoms with E-state index in [1.165, 1.54) is 5.56 Å². The Morgan fingerprint density at radius 3 is 2.46 bits per heavy atom. The molecule has 3 heteroatoms. The Morgan fingerprint density at radius 2 is 2.00 bits per heavy atom. The van der Waals surface area contributed by atoms with Crippen molar-refractivity contribution in [2.24, 2.45) is 0 Å². The third-order valence-corrected chi connectivity index (χ3v) is 2.67. The fraction of sp³-hybridized carbons (Fsp3) is 0.400. The van der Waals surface area contributed by atoms with Crippen LogP contribution in [0.25, 0.3) is 0 Å². The van der Waals surface area contributed by atoms with Gasteiger partial charge in [0, 0.05) is 12.4 Å². The van der Waals surface area contributed by atoms with Crippen LogP contribution < -0.4 is 0 Å². The van der Waals surface area contributed by atoms with Crippen molar-refractivity contribution in [3.8, 4) is 0 Å². The van der Waals surface area contributed by atoms with Crippen molar-refractivity contribution in [1.29, 1.82) is 0 Å². The molecule has 72 valence electrons. The maximum atomic E-state index is 5.16. The molecule has 0 bridgehead atoms. The van der Waals surface area contributed by atoms with E-state index in [2.05, 4.69) is 28.1 Å². The summed E-state index contributed by atoms with van der Waals surface area (Å²) < 4.78 is 0. The van der Waals surface area contributed by atoms with Crippen molar-refractivity contribution < 1.29 is 4.84 Å². The van der Waals surface area contributed by atoms with Crippen LogP contribution in [-0.4, -0.2) is 24.6 Å². The van der Waals surface area contributed by atoms with Crippen molar-refractivity contribution in [1.82, 2.24) is 5.06 Å². The van der Waals surface area contributed by atoms with Crippen LogP contribution in [0.15, 0.2) is 30.3 Å². The molecule has 1 atom stereocenters. The lowest BCUT2D eigenvalue weighted by Gasteiger charge is -2.24. The van der Waals surface area contributed by atoms with Crippen LogP contribution in [-0.2, 0) is 4.84 Å². The highest BCUT2D eigenvalue weighted by Gasteiger charge is 2.14. The average Bonchev–Trinajstić information content (AvgIpc) is 2.20. The van der Waals surface area contributed by atoms with Crippen LogP contribution in [0.2, 0.25) is 0 Å². The molecule has 0 spiro atoms. The minimum atomic E-state index is 0.270. The van der Waals surface area contributed by atoms with Gasteiger partial charge in [-0.05, 0) is 5.56 Å². The molecule has 13 heavy (non-hydrogen) atoms. The van der Waals surface area contributed by atoms with E-state index in [-0.39, 0.29) is 6.04 Å².